The quantitative estimate of drug-likeness (QED) is 0.763. The Bertz CT molecular complexity index is 911. The van der Waals surface area contributed by atoms with E-state index in [9.17, 15) is 9.59 Å². The number of hydrogen-bond acceptors (Lipinski definition) is 2. The van der Waals surface area contributed by atoms with Crippen LogP contribution in [0.2, 0.25) is 5.02 Å². The number of nitrogens with zero attached hydrogens (tertiary/aromatic N) is 1. The van der Waals surface area contributed by atoms with Crippen LogP contribution in [0.1, 0.15) is 11.1 Å². The molecule has 0 bridgehead atoms. The standard InChI is InChI=1S/C16H14ClN3O2/c1-10-4-2-3-5-11(10)9-18-16(22)20-15(21)13-8-12(17)6-7-14(13)19-20/h2-8,19H,9H2,1H3,(H,18,22). The van der Waals surface area contributed by atoms with Crippen LogP contribution in [0.25, 0.3) is 10.9 Å². The highest BCUT2D eigenvalue weighted by atomic mass is 35.5. The fourth-order valence-corrected chi connectivity index (χ4v) is 2.46. The number of fused-ring (bicyclic) bond motifs is 1. The van der Waals surface area contributed by atoms with E-state index in [2.05, 4.69) is 10.4 Å². The highest BCUT2D eigenvalue weighted by molar-refractivity contribution is 6.31. The molecule has 0 fully saturated rings. The van der Waals surface area contributed by atoms with Crippen molar-refractivity contribution in [3.63, 3.8) is 0 Å². The number of rotatable bonds is 2. The maximum absolute atomic E-state index is 12.2. The zero-order valence-electron chi connectivity index (χ0n) is 11.9. The van der Waals surface area contributed by atoms with Gasteiger partial charge in [0.1, 0.15) is 0 Å². The number of benzene rings is 2. The number of halogens is 1. The van der Waals surface area contributed by atoms with Gasteiger partial charge in [-0.3, -0.25) is 9.89 Å². The van der Waals surface area contributed by atoms with E-state index in [1.807, 2.05) is 31.2 Å². The Morgan fingerprint density at radius 1 is 1.27 bits per heavy atom. The Hall–Kier alpha value is -2.53. The van der Waals surface area contributed by atoms with Crippen LogP contribution in [0.15, 0.2) is 47.3 Å². The number of hydrogen-bond donors (Lipinski definition) is 2. The second-order valence-electron chi connectivity index (χ2n) is 5.03. The Kier molecular flexibility index (Phi) is 3.73. The monoisotopic (exact) mass is 315 g/mol. The number of carbonyl (C=O) groups excluding carboxylic acids is 1. The number of aryl methyl sites for hydroxylation is 1. The molecule has 0 unspecified atom stereocenters. The summed E-state index contributed by atoms with van der Waals surface area (Å²) in [6.07, 6.45) is 0. The maximum atomic E-state index is 12.2. The van der Waals surface area contributed by atoms with Gasteiger partial charge >= 0.3 is 6.03 Å². The molecule has 0 aliphatic rings. The molecule has 0 atom stereocenters. The molecule has 1 heterocycles. The van der Waals surface area contributed by atoms with Gasteiger partial charge in [0.25, 0.3) is 5.56 Å². The molecule has 5 nitrogen and oxygen atoms in total. The second-order valence-corrected chi connectivity index (χ2v) is 5.46. The van der Waals surface area contributed by atoms with Crippen LogP contribution in [0.4, 0.5) is 4.79 Å². The van der Waals surface area contributed by atoms with Gasteiger partial charge in [0.15, 0.2) is 0 Å². The number of aromatic nitrogens is 2. The van der Waals surface area contributed by atoms with Crippen molar-refractivity contribution in [3.05, 3.63) is 69.0 Å². The van der Waals surface area contributed by atoms with Crippen molar-refractivity contribution in [1.29, 1.82) is 0 Å². The van der Waals surface area contributed by atoms with Gasteiger partial charge in [0, 0.05) is 11.6 Å². The first-order chi connectivity index (χ1) is 10.6. The van der Waals surface area contributed by atoms with E-state index in [1.54, 1.807) is 18.2 Å². The molecular formula is C16H14ClN3O2. The van der Waals surface area contributed by atoms with Crippen molar-refractivity contribution in [2.45, 2.75) is 13.5 Å². The normalized spacial score (nSPS) is 10.8. The predicted octanol–water partition coefficient (Wildman–Crippen LogP) is 3.05. The third-order valence-electron chi connectivity index (χ3n) is 3.54. The fourth-order valence-electron chi connectivity index (χ4n) is 2.28. The van der Waals surface area contributed by atoms with Crippen molar-refractivity contribution in [1.82, 2.24) is 15.1 Å². The van der Waals surface area contributed by atoms with Gasteiger partial charge in [-0.15, -0.1) is 0 Å². The average molecular weight is 316 g/mol. The molecule has 22 heavy (non-hydrogen) atoms. The lowest BCUT2D eigenvalue weighted by Crippen LogP contribution is -2.35. The lowest BCUT2D eigenvalue weighted by molar-refractivity contribution is 0.238. The maximum Gasteiger partial charge on any atom is 0.343 e. The zero-order valence-corrected chi connectivity index (χ0v) is 12.6. The Labute approximate surface area is 131 Å². The molecule has 2 N–H and O–H groups in total. The third kappa shape index (κ3) is 2.63. The molecule has 0 radical (unpaired) electrons. The zero-order chi connectivity index (χ0) is 15.7. The predicted molar refractivity (Wildman–Crippen MR) is 86.4 cm³/mol. The summed E-state index contributed by atoms with van der Waals surface area (Å²) in [4.78, 5) is 24.4. The largest absolute Gasteiger partial charge is 0.343 e. The molecule has 6 heteroatoms. The second kappa shape index (κ2) is 5.69. The molecule has 0 saturated carbocycles. The Balaban J connectivity index is 1.85. The molecule has 0 saturated heterocycles. The molecule has 3 aromatic rings. The van der Waals surface area contributed by atoms with E-state index >= 15 is 0 Å². The highest BCUT2D eigenvalue weighted by Crippen LogP contribution is 2.14. The van der Waals surface area contributed by atoms with Crippen LogP contribution in [-0.4, -0.2) is 15.8 Å². The van der Waals surface area contributed by atoms with Gasteiger partial charge in [-0.05, 0) is 36.2 Å². The van der Waals surface area contributed by atoms with Crippen LogP contribution >= 0.6 is 11.6 Å². The van der Waals surface area contributed by atoms with Gasteiger partial charge in [0.05, 0.1) is 10.9 Å². The fraction of sp³-hybridized carbons (Fsp3) is 0.125. The van der Waals surface area contributed by atoms with E-state index < -0.39 is 11.6 Å². The van der Waals surface area contributed by atoms with Gasteiger partial charge in [-0.2, -0.15) is 4.68 Å². The molecule has 0 spiro atoms. The molecule has 1 amide bonds. The summed E-state index contributed by atoms with van der Waals surface area (Å²) in [6.45, 7) is 2.33. The first kappa shape index (κ1) is 14.4. The Morgan fingerprint density at radius 2 is 2.05 bits per heavy atom. The molecule has 2 aromatic carbocycles. The summed E-state index contributed by atoms with van der Waals surface area (Å²) < 4.78 is 0.958. The van der Waals surface area contributed by atoms with E-state index in [0.29, 0.717) is 22.5 Å². The topological polar surface area (TPSA) is 66.9 Å². The summed E-state index contributed by atoms with van der Waals surface area (Å²) in [7, 11) is 0. The SMILES string of the molecule is Cc1ccccc1CNC(=O)n1[nH]c2ccc(Cl)cc2c1=O. The number of carbonyl (C=O) groups is 1. The Morgan fingerprint density at radius 3 is 2.82 bits per heavy atom. The first-order valence-corrected chi connectivity index (χ1v) is 7.17. The number of aromatic amines is 1. The van der Waals surface area contributed by atoms with Crippen molar-refractivity contribution >= 4 is 28.5 Å². The number of H-pyrrole nitrogens is 1. The summed E-state index contributed by atoms with van der Waals surface area (Å²) in [6, 6.07) is 12.1. The highest BCUT2D eigenvalue weighted by Gasteiger charge is 2.13. The van der Waals surface area contributed by atoms with E-state index in [-0.39, 0.29) is 0 Å². The first-order valence-electron chi connectivity index (χ1n) is 6.79. The van der Waals surface area contributed by atoms with Crippen LogP contribution in [0, 0.1) is 6.92 Å². The number of amides is 1. The molecule has 0 aliphatic carbocycles. The molecule has 0 aliphatic heterocycles. The third-order valence-corrected chi connectivity index (χ3v) is 3.78. The molecule has 112 valence electrons. The van der Waals surface area contributed by atoms with Gasteiger partial charge in [-0.25, -0.2) is 4.79 Å². The summed E-state index contributed by atoms with van der Waals surface area (Å²) >= 11 is 5.88. The van der Waals surface area contributed by atoms with Gasteiger partial charge < -0.3 is 5.32 Å². The summed E-state index contributed by atoms with van der Waals surface area (Å²) in [5.74, 6) is 0. The van der Waals surface area contributed by atoms with E-state index in [4.69, 9.17) is 11.6 Å². The average Bonchev–Trinajstić information content (AvgIpc) is 2.83. The minimum atomic E-state index is -0.499. The summed E-state index contributed by atoms with van der Waals surface area (Å²) in [5, 5.41) is 6.35. The number of nitrogens with one attached hydrogen (secondary N) is 2. The minimum absolute atomic E-state index is 0.355. The smallest absolute Gasteiger partial charge is 0.332 e. The lowest BCUT2D eigenvalue weighted by Gasteiger charge is -2.07. The summed E-state index contributed by atoms with van der Waals surface area (Å²) in [5.41, 5.74) is 2.24. The van der Waals surface area contributed by atoms with E-state index in [1.165, 1.54) is 0 Å². The van der Waals surface area contributed by atoms with Gasteiger partial charge in [-0.1, -0.05) is 35.9 Å². The van der Waals surface area contributed by atoms with Crippen molar-refractivity contribution < 1.29 is 4.79 Å². The minimum Gasteiger partial charge on any atom is -0.332 e. The lowest BCUT2D eigenvalue weighted by atomic mass is 10.1. The molecule has 1 aromatic heterocycles. The molecule has 3 rings (SSSR count). The van der Waals surface area contributed by atoms with E-state index in [0.717, 1.165) is 15.8 Å². The van der Waals surface area contributed by atoms with Crippen LogP contribution in [0.3, 0.4) is 0 Å². The van der Waals surface area contributed by atoms with Crippen LogP contribution < -0.4 is 10.9 Å². The van der Waals surface area contributed by atoms with Crippen molar-refractivity contribution in [3.8, 4) is 0 Å². The van der Waals surface area contributed by atoms with Crippen molar-refractivity contribution in [2.24, 2.45) is 0 Å². The van der Waals surface area contributed by atoms with Crippen LogP contribution in [0.5, 0.6) is 0 Å². The molecular weight excluding hydrogens is 302 g/mol. The van der Waals surface area contributed by atoms with Crippen LogP contribution in [-0.2, 0) is 6.54 Å². The van der Waals surface area contributed by atoms with Crippen molar-refractivity contribution in [2.75, 3.05) is 0 Å². The van der Waals surface area contributed by atoms with Gasteiger partial charge in [0.2, 0.25) is 0 Å².